The summed E-state index contributed by atoms with van der Waals surface area (Å²) in [7, 11) is 0. The molecule has 0 aliphatic rings. The minimum absolute atomic E-state index is 0. The molecule has 0 aromatic rings. The predicted molar refractivity (Wildman–Crippen MR) is 45.5 cm³/mol. The van der Waals surface area contributed by atoms with Crippen molar-refractivity contribution < 1.29 is 56.6 Å². The zero-order valence-electron chi connectivity index (χ0n) is 9.04. The minimum atomic E-state index is 0. The fraction of sp³-hybridized carbons (Fsp3) is 1.00. The van der Waals surface area contributed by atoms with Crippen molar-refractivity contribution in [1.82, 2.24) is 0 Å². The van der Waals surface area contributed by atoms with Crippen molar-refractivity contribution in [1.29, 1.82) is 0 Å². The summed E-state index contributed by atoms with van der Waals surface area (Å²) in [6.45, 7) is 5.81. The van der Waals surface area contributed by atoms with Crippen LogP contribution in [0.1, 0.15) is 40.0 Å². The van der Waals surface area contributed by atoms with Crippen LogP contribution in [0.2, 0.25) is 0 Å². The quantitative estimate of drug-likeness (QED) is 0.689. The maximum absolute atomic E-state index is 9.30. The van der Waals surface area contributed by atoms with Crippen LogP contribution in [0.4, 0.5) is 0 Å². The molecule has 0 spiro atoms. The third-order valence-corrected chi connectivity index (χ3v) is 0.612. The molecule has 0 radical (unpaired) electrons. The summed E-state index contributed by atoms with van der Waals surface area (Å²) >= 11 is 0. The van der Waals surface area contributed by atoms with Gasteiger partial charge in [0.2, 0.25) is 0 Å². The van der Waals surface area contributed by atoms with Crippen molar-refractivity contribution in [2.75, 3.05) is 19.8 Å². The van der Waals surface area contributed by atoms with Gasteiger partial charge in [0.25, 0.3) is 0 Å². The zero-order valence-corrected chi connectivity index (χ0v) is 12.7. The summed E-state index contributed by atoms with van der Waals surface area (Å²) in [5.74, 6) is 0. The smallest absolute Gasteiger partial charge is 0.854 e. The van der Waals surface area contributed by atoms with Crippen LogP contribution in [-0.2, 0) is 0 Å². The first-order valence-electron chi connectivity index (χ1n) is 4.49. The molecule has 78 valence electrons. The Kier molecular flexibility index (Phi) is 69.3. The van der Waals surface area contributed by atoms with Crippen LogP contribution in [0.15, 0.2) is 0 Å². The molecular formula is C9H21O3Pr. The van der Waals surface area contributed by atoms with Gasteiger partial charge in [0.15, 0.2) is 0 Å². The van der Waals surface area contributed by atoms with E-state index in [1.54, 1.807) is 0 Å². The normalized spacial score (nSPS) is 6.92. The molecule has 0 aliphatic carbocycles. The van der Waals surface area contributed by atoms with Gasteiger partial charge in [0, 0.05) is 0 Å². The zero-order chi connectivity index (χ0) is 10.2. The Morgan fingerprint density at radius 3 is 0.692 bits per heavy atom. The second kappa shape index (κ2) is 37.8. The topological polar surface area (TPSA) is 69.2 Å². The monoisotopic (exact) mass is 318 g/mol. The van der Waals surface area contributed by atoms with E-state index in [4.69, 9.17) is 0 Å². The maximum Gasteiger partial charge on any atom is 3.00 e. The van der Waals surface area contributed by atoms with Gasteiger partial charge in [-0.05, 0) is 0 Å². The van der Waals surface area contributed by atoms with Crippen LogP contribution >= 0.6 is 0 Å². The summed E-state index contributed by atoms with van der Waals surface area (Å²) < 4.78 is 0. The van der Waals surface area contributed by atoms with Crippen LogP contribution < -0.4 is 15.3 Å². The largest absolute Gasteiger partial charge is 3.00 e. The number of hydrogen-bond donors (Lipinski definition) is 0. The van der Waals surface area contributed by atoms with E-state index in [0.717, 1.165) is 19.3 Å². The van der Waals surface area contributed by atoms with E-state index < -0.39 is 0 Å². The fourth-order valence-electron chi connectivity index (χ4n) is 0. The van der Waals surface area contributed by atoms with Gasteiger partial charge in [-0.2, -0.15) is 0 Å². The van der Waals surface area contributed by atoms with E-state index in [1.807, 2.05) is 20.8 Å². The van der Waals surface area contributed by atoms with Gasteiger partial charge in [-0.15, -0.1) is 19.8 Å². The van der Waals surface area contributed by atoms with E-state index in [0.29, 0.717) is 0 Å². The van der Waals surface area contributed by atoms with Gasteiger partial charge in [0.1, 0.15) is 0 Å². The molecular weight excluding hydrogens is 297 g/mol. The Morgan fingerprint density at radius 2 is 0.692 bits per heavy atom. The molecule has 0 fully saturated rings. The molecule has 4 heteroatoms. The van der Waals surface area contributed by atoms with Crippen molar-refractivity contribution >= 4 is 0 Å². The SMILES string of the molecule is CCC[O-].CCC[O-].CCC[O-].[Pr+3]. The van der Waals surface area contributed by atoms with E-state index in [-0.39, 0.29) is 61.1 Å². The van der Waals surface area contributed by atoms with Crippen LogP contribution in [0, 0.1) is 41.3 Å². The predicted octanol–water partition coefficient (Wildman–Crippen LogP) is -0.730. The minimum Gasteiger partial charge on any atom is -0.854 e. The second-order valence-electron chi connectivity index (χ2n) is 2.11. The van der Waals surface area contributed by atoms with E-state index in [9.17, 15) is 15.3 Å². The molecule has 0 heterocycles. The first-order chi connectivity index (χ1) is 5.74. The van der Waals surface area contributed by atoms with E-state index in [1.165, 1.54) is 0 Å². The average Bonchev–Trinajstić information content (AvgIpc) is 2.18. The average molecular weight is 318 g/mol. The Labute approximate surface area is 116 Å². The summed E-state index contributed by atoms with van der Waals surface area (Å²) in [5.41, 5.74) is 0. The van der Waals surface area contributed by atoms with Crippen molar-refractivity contribution in [3.8, 4) is 0 Å². The van der Waals surface area contributed by atoms with Crippen LogP contribution in [0.5, 0.6) is 0 Å². The van der Waals surface area contributed by atoms with Crippen molar-refractivity contribution in [2.45, 2.75) is 40.0 Å². The van der Waals surface area contributed by atoms with Crippen molar-refractivity contribution in [3.63, 3.8) is 0 Å². The Morgan fingerprint density at radius 1 is 0.615 bits per heavy atom. The molecule has 0 aromatic heterocycles. The third kappa shape index (κ3) is 93.0. The Balaban J connectivity index is -0.0000000450. The first-order valence-corrected chi connectivity index (χ1v) is 4.49. The van der Waals surface area contributed by atoms with Gasteiger partial charge < -0.3 is 15.3 Å². The summed E-state index contributed by atoms with van der Waals surface area (Å²) in [4.78, 5) is 0. The molecule has 0 unspecified atom stereocenters. The van der Waals surface area contributed by atoms with Crippen LogP contribution in [0.3, 0.4) is 0 Å². The standard InChI is InChI=1S/3C3H7O.Pr/c3*1-2-3-4;/h3*2-3H2,1H3;/q3*-1;+3. The van der Waals surface area contributed by atoms with Gasteiger partial charge in [-0.1, -0.05) is 40.0 Å². The molecule has 0 rings (SSSR count). The maximum atomic E-state index is 9.30. The number of hydrogen-bond acceptors (Lipinski definition) is 3. The van der Waals surface area contributed by atoms with Gasteiger partial charge in [0.05, 0.1) is 0 Å². The van der Waals surface area contributed by atoms with Gasteiger partial charge in [-0.25, -0.2) is 0 Å². The van der Waals surface area contributed by atoms with Gasteiger partial charge >= 0.3 is 41.3 Å². The summed E-state index contributed by atoms with van der Waals surface area (Å²) in [6, 6.07) is 0. The number of rotatable bonds is 3. The van der Waals surface area contributed by atoms with Crippen LogP contribution in [0.25, 0.3) is 0 Å². The van der Waals surface area contributed by atoms with Crippen molar-refractivity contribution in [2.24, 2.45) is 0 Å². The second-order valence-corrected chi connectivity index (χ2v) is 2.11. The molecule has 0 bridgehead atoms. The van der Waals surface area contributed by atoms with E-state index >= 15 is 0 Å². The van der Waals surface area contributed by atoms with E-state index in [2.05, 4.69) is 0 Å². The Hall–Kier alpha value is 1.24. The van der Waals surface area contributed by atoms with Gasteiger partial charge in [-0.3, -0.25) is 0 Å². The molecule has 0 amide bonds. The molecule has 0 saturated carbocycles. The van der Waals surface area contributed by atoms with Crippen LogP contribution in [-0.4, -0.2) is 19.8 Å². The summed E-state index contributed by atoms with van der Waals surface area (Å²) in [5, 5.41) is 27.9. The Bertz CT molecular complexity index is 30.3. The molecule has 0 N–H and O–H groups in total. The third-order valence-electron chi connectivity index (χ3n) is 0.612. The van der Waals surface area contributed by atoms with Crippen molar-refractivity contribution in [3.05, 3.63) is 0 Å². The molecule has 0 atom stereocenters. The molecule has 0 aromatic carbocycles. The molecule has 0 saturated heterocycles. The fourth-order valence-corrected chi connectivity index (χ4v) is 0. The molecule has 13 heavy (non-hydrogen) atoms. The molecule has 3 nitrogen and oxygen atoms in total. The first kappa shape index (κ1) is 23.8. The summed E-state index contributed by atoms with van der Waals surface area (Å²) in [6.07, 6.45) is 2.29. The molecule has 0 aliphatic heterocycles.